The molecular formula is C20H27N3O2. The van der Waals surface area contributed by atoms with E-state index in [9.17, 15) is 4.79 Å². The number of nitrogens with zero attached hydrogens (tertiary/aromatic N) is 2. The Balaban J connectivity index is 1.74. The number of carbonyl (C=O) groups excluding carboxylic acids is 1. The van der Waals surface area contributed by atoms with Gasteiger partial charge in [0.05, 0.1) is 18.7 Å². The summed E-state index contributed by atoms with van der Waals surface area (Å²) >= 11 is 0. The minimum absolute atomic E-state index is 0.0915. The van der Waals surface area contributed by atoms with Gasteiger partial charge in [-0.3, -0.25) is 9.48 Å². The molecule has 5 nitrogen and oxygen atoms in total. The number of rotatable bonds is 5. The number of nitrogens with one attached hydrogen (secondary N) is 1. The number of hydrogen-bond donors (Lipinski definition) is 1. The van der Waals surface area contributed by atoms with Gasteiger partial charge in [0.25, 0.3) is 0 Å². The monoisotopic (exact) mass is 341 g/mol. The Kier molecular flexibility index (Phi) is 4.84. The first-order valence-electron chi connectivity index (χ1n) is 8.86. The van der Waals surface area contributed by atoms with Gasteiger partial charge in [0.1, 0.15) is 5.75 Å². The maximum atomic E-state index is 13.0. The lowest BCUT2D eigenvalue weighted by molar-refractivity contribution is -0.124. The van der Waals surface area contributed by atoms with Crippen molar-refractivity contribution in [2.45, 2.75) is 51.0 Å². The fraction of sp³-hybridized carbons (Fsp3) is 0.500. The van der Waals surface area contributed by atoms with E-state index in [1.807, 2.05) is 42.2 Å². The molecule has 1 amide bonds. The molecule has 1 aliphatic carbocycles. The second kappa shape index (κ2) is 6.90. The number of hydrogen-bond acceptors (Lipinski definition) is 3. The molecule has 0 saturated carbocycles. The van der Waals surface area contributed by atoms with E-state index in [-0.39, 0.29) is 17.4 Å². The van der Waals surface area contributed by atoms with Crippen molar-refractivity contribution in [3.8, 4) is 5.75 Å². The van der Waals surface area contributed by atoms with Gasteiger partial charge in [-0.05, 0) is 51.2 Å². The molecule has 1 aromatic heterocycles. The maximum absolute atomic E-state index is 13.0. The van der Waals surface area contributed by atoms with E-state index in [4.69, 9.17) is 4.74 Å². The minimum atomic E-state index is -0.356. The standard InChI is InChI=1S/C20H27N3O2/c1-20(2,12-14-8-5-6-11-18(14)25-4)21-19(24)15-9-7-10-17-16(15)13-23(3)22-17/h5-6,8,11,13,15H,7,9-10,12H2,1-4H3,(H,21,24)/t15-/m1/s1. The van der Waals surface area contributed by atoms with Crippen molar-refractivity contribution < 1.29 is 9.53 Å². The summed E-state index contributed by atoms with van der Waals surface area (Å²) < 4.78 is 7.25. The van der Waals surface area contributed by atoms with Gasteiger partial charge in [0.15, 0.2) is 0 Å². The van der Waals surface area contributed by atoms with Crippen molar-refractivity contribution in [2.24, 2.45) is 7.05 Å². The van der Waals surface area contributed by atoms with E-state index in [1.165, 1.54) is 0 Å². The molecule has 0 saturated heterocycles. The third-order valence-corrected chi connectivity index (χ3v) is 4.82. The van der Waals surface area contributed by atoms with E-state index in [0.29, 0.717) is 0 Å². The van der Waals surface area contributed by atoms with Crippen LogP contribution in [0.2, 0.25) is 0 Å². The smallest absolute Gasteiger partial charge is 0.228 e. The number of aromatic nitrogens is 2. The van der Waals surface area contributed by atoms with Crippen molar-refractivity contribution in [3.63, 3.8) is 0 Å². The van der Waals surface area contributed by atoms with Crippen LogP contribution in [-0.2, 0) is 24.7 Å². The molecule has 1 N–H and O–H groups in total. The lowest BCUT2D eigenvalue weighted by Gasteiger charge is -2.30. The number of aryl methyl sites for hydroxylation is 2. The van der Waals surface area contributed by atoms with Crippen LogP contribution in [-0.4, -0.2) is 28.3 Å². The third-order valence-electron chi connectivity index (χ3n) is 4.82. The lowest BCUT2D eigenvalue weighted by atomic mass is 9.85. The Labute approximate surface area is 149 Å². The molecule has 1 aromatic carbocycles. The van der Waals surface area contributed by atoms with Crippen LogP contribution in [0.1, 0.15) is 49.4 Å². The SMILES string of the molecule is COc1ccccc1CC(C)(C)NC(=O)[C@@H]1CCCc2nn(C)cc21. The van der Waals surface area contributed by atoms with Crippen molar-refractivity contribution in [1.82, 2.24) is 15.1 Å². The predicted octanol–water partition coefficient (Wildman–Crippen LogP) is 2.99. The second-order valence-electron chi connectivity index (χ2n) is 7.51. The zero-order valence-electron chi connectivity index (χ0n) is 15.5. The highest BCUT2D eigenvalue weighted by molar-refractivity contribution is 5.84. The topological polar surface area (TPSA) is 56.1 Å². The van der Waals surface area contributed by atoms with E-state index in [2.05, 4.69) is 24.3 Å². The van der Waals surface area contributed by atoms with Crippen LogP contribution in [0.4, 0.5) is 0 Å². The molecule has 0 unspecified atom stereocenters. The highest BCUT2D eigenvalue weighted by atomic mass is 16.5. The van der Waals surface area contributed by atoms with Gasteiger partial charge >= 0.3 is 0 Å². The summed E-state index contributed by atoms with van der Waals surface area (Å²) in [7, 11) is 3.59. The molecule has 0 radical (unpaired) electrons. The van der Waals surface area contributed by atoms with Gasteiger partial charge in [-0.1, -0.05) is 18.2 Å². The summed E-state index contributed by atoms with van der Waals surface area (Å²) in [6.07, 6.45) is 5.57. The molecule has 1 aliphatic rings. The van der Waals surface area contributed by atoms with Crippen LogP contribution in [0, 0.1) is 0 Å². The number of amides is 1. The fourth-order valence-corrected chi connectivity index (χ4v) is 3.73. The number of ether oxygens (including phenoxy) is 1. The highest BCUT2D eigenvalue weighted by Crippen LogP contribution is 2.32. The molecule has 1 atom stereocenters. The molecule has 0 fully saturated rings. The summed E-state index contributed by atoms with van der Waals surface area (Å²) in [6.45, 7) is 4.12. The Morgan fingerprint density at radius 2 is 2.16 bits per heavy atom. The molecular weight excluding hydrogens is 314 g/mol. The van der Waals surface area contributed by atoms with Crippen LogP contribution >= 0.6 is 0 Å². The Morgan fingerprint density at radius 1 is 1.40 bits per heavy atom. The third kappa shape index (κ3) is 3.86. The number of fused-ring (bicyclic) bond motifs is 1. The molecule has 0 spiro atoms. The van der Waals surface area contributed by atoms with Crippen molar-refractivity contribution in [2.75, 3.05) is 7.11 Å². The maximum Gasteiger partial charge on any atom is 0.228 e. The summed E-state index contributed by atoms with van der Waals surface area (Å²) in [5.74, 6) is 0.847. The first-order chi connectivity index (χ1) is 11.9. The minimum Gasteiger partial charge on any atom is -0.496 e. The molecule has 3 rings (SSSR count). The Hall–Kier alpha value is -2.30. The van der Waals surface area contributed by atoms with Gasteiger partial charge < -0.3 is 10.1 Å². The predicted molar refractivity (Wildman–Crippen MR) is 97.8 cm³/mol. The number of para-hydroxylation sites is 1. The molecule has 25 heavy (non-hydrogen) atoms. The first-order valence-corrected chi connectivity index (χ1v) is 8.86. The first kappa shape index (κ1) is 17.5. The summed E-state index contributed by atoms with van der Waals surface area (Å²) in [4.78, 5) is 13.0. The average Bonchev–Trinajstić information content (AvgIpc) is 2.94. The van der Waals surface area contributed by atoms with Crippen molar-refractivity contribution in [3.05, 3.63) is 47.3 Å². The average molecular weight is 341 g/mol. The van der Waals surface area contributed by atoms with Gasteiger partial charge in [-0.2, -0.15) is 5.10 Å². The van der Waals surface area contributed by atoms with Crippen LogP contribution in [0.25, 0.3) is 0 Å². The van der Waals surface area contributed by atoms with E-state index < -0.39 is 0 Å². The summed E-state index contributed by atoms with van der Waals surface area (Å²) in [5, 5.41) is 7.74. The molecule has 5 heteroatoms. The van der Waals surface area contributed by atoms with Crippen LogP contribution < -0.4 is 10.1 Å². The molecule has 0 aliphatic heterocycles. The van der Waals surface area contributed by atoms with Gasteiger partial charge in [0, 0.05) is 24.3 Å². The summed E-state index contributed by atoms with van der Waals surface area (Å²) in [6, 6.07) is 7.96. The lowest BCUT2D eigenvalue weighted by Crippen LogP contribution is -2.47. The quantitative estimate of drug-likeness (QED) is 0.909. The Bertz CT molecular complexity index is 764. The Morgan fingerprint density at radius 3 is 2.92 bits per heavy atom. The van der Waals surface area contributed by atoms with Crippen molar-refractivity contribution in [1.29, 1.82) is 0 Å². The van der Waals surface area contributed by atoms with Gasteiger partial charge in [-0.25, -0.2) is 0 Å². The zero-order chi connectivity index (χ0) is 18.0. The van der Waals surface area contributed by atoms with E-state index in [0.717, 1.165) is 48.3 Å². The fourth-order valence-electron chi connectivity index (χ4n) is 3.73. The molecule has 0 bridgehead atoms. The van der Waals surface area contributed by atoms with Gasteiger partial charge in [0.2, 0.25) is 5.91 Å². The number of carbonyl (C=O) groups is 1. The second-order valence-corrected chi connectivity index (χ2v) is 7.51. The van der Waals surface area contributed by atoms with Crippen LogP contribution in [0.15, 0.2) is 30.5 Å². The van der Waals surface area contributed by atoms with Crippen LogP contribution in [0.5, 0.6) is 5.75 Å². The molecule has 1 heterocycles. The normalized spacial score (nSPS) is 17.0. The molecule has 2 aromatic rings. The summed E-state index contributed by atoms with van der Waals surface area (Å²) in [5.41, 5.74) is 2.89. The molecule has 134 valence electrons. The van der Waals surface area contributed by atoms with Gasteiger partial charge in [-0.15, -0.1) is 0 Å². The van der Waals surface area contributed by atoms with Crippen molar-refractivity contribution >= 4 is 5.91 Å². The number of methoxy groups -OCH3 is 1. The number of benzene rings is 1. The van der Waals surface area contributed by atoms with E-state index in [1.54, 1.807) is 7.11 Å². The van der Waals surface area contributed by atoms with E-state index >= 15 is 0 Å². The van der Waals surface area contributed by atoms with Crippen LogP contribution in [0.3, 0.4) is 0 Å². The largest absolute Gasteiger partial charge is 0.496 e. The highest BCUT2D eigenvalue weighted by Gasteiger charge is 2.32. The zero-order valence-corrected chi connectivity index (χ0v) is 15.5.